The van der Waals surface area contributed by atoms with Crippen LogP contribution in [-0.2, 0) is 6.18 Å². The Bertz CT molecular complexity index is 694. The minimum absolute atomic E-state index is 0.247. The second-order valence-electron chi connectivity index (χ2n) is 6.48. The SMILES string of the molecule is CCN(CC)[C@@H](CNc1cc(C(F)(F)F)nc2ccccc12)C(C)C. The average molecular weight is 353 g/mol. The number of nitrogens with one attached hydrogen (secondary N) is 1. The van der Waals surface area contributed by atoms with Gasteiger partial charge in [0.2, 0.25) is 0 Å². The second-order valence-corrected chi connectivity index (χ2v) is 6.48. The van der Waals surface area contributed by atoms with E-state index in [-0.39, 0.29) is 6.04 Å². The first-order valence-electron chi connectivity index (χ1n) is 8.72. The molecule has 0 bridgehead atoms. The van der Waals surface area contributed by atoms with Gasteiger partial charge in [-0.1, -0.05) is 45.9 Å². The molecule has 25 heavy (non-hydrogen) atoms. The van der Waals surface area contributed by atoms with E-state index in [9.17, 15) is 13.2 Å². The van der Waals surface area contributed by atoms with Gasteiger partial charge in [0.15, 0.2) is 0 Å². The van der Waals surface area contributed by atoms with Crippen LogP contribution in [0.2, 0.25) is 0 Å². The molecule has 2 aromatic rings. The highest BCUT2D eigenvalue weighted by molar-refractivity contribution is 5.91. The number of para-hydroxylation sites is 1. The van der Waals surface area contributed by atoms with E-state index in [2.05, 4.69) is 42.9 Å². The van der Waals surface area contributed by atoms with Gasteiger partial charge in [-0.15, -0.1) is 0 Å². The number of likely N-dealkylation sites (N-methyl/N-ethyl adjacent to an activating group) is 1. The standard InChI is InChI=1S/C19H26F3N3/c1-5-25(6-2)17(13(3)4)12-23-16-11-18(19(20,21)22)24-15-10-8-7-9-14(15)16/h7-11,13,17H,5-6,12H2,1-4H3,(H,23,24)/t17-/m0/s1. The molecule has 1 atom stereocenters. The lowest BCUT2D eigenvalue weighted by Gasteiger charge is -2.33. The topological polar surface area (TPSA) is 28.2 Å². The first-order valence-corrected chi connectivity index (χ1v) is 8.72. The Hall–Kier alpha value is -1.82. The lowest BCUT2D eigenvalue weighted by molar-refractivity contribution is -0.140. The van der Waals surface area contributed by atoms with Crippen LogP contribution in [0.25, 0.3) is 10.9 Å². The third kappa shape index (κ3) is 4.63. The molecule has 1 N–H and O–H groups in total. The van der Waals surface area contributed by atoms with E-state index in [0.717, 1.165) is 19.2 Å². The molecule has 0 spiro atoms. The van der Waals surface area contributed by atoms with Crippen molar-refractivity contribution in [1.29, 1.82) is 0 Å². The van der Waals surface area contributed by atoms with Crippen LogP contribution in [0.4, 0.5) is 18.9 Å². The summed E-state index contributed by atoms with van der Waals surface area (Å²) in [6.07, 6.45) is -4.46. The van der Waals surface area contributed by atoms with Crippen molar-refractivity contribution >= 4 is 16.6 Å². The first kappa shape index (κ1) is 19.5. The molecule has 1 aromatic heterocycles. The molecule has 0 aliphatic rings. The molecule has 3 nitrogen and oxygen atoms in total. The van der Waals surface area contributed by atoms with Crippen LogP contribution in [0.15, 0.2) is 30.3 Å². The summed E-state index contributed by atoms with van der Waals surface area (Å²) in [4.78, 5) is 6.09. The Kier molecular flexibility index (Phi) is 6.27. The molecule has 138 valence electrons. The monoisotopic (exact) mass is 353 g/mol. The largest absolute Gasteiger partial charge is 0.433 e. The number of alkyl halides is 3. The van der Waals surface area contributed by atoms with Gasteiger partial charge in [0, 0.05) is 23.7 Å². The molecule has 1 heterocycles. The van der Waals surface area contributed by atoms with Gasteiger partial charge >= 0.3 is 6.18 Å². The lowest BCUT2D eigenvalue weighted by Crippen LogP contribution is -2.43. The van der Waals surface area contributed by atoms with Crippen LogP contribution in [0, 0.1) is 5.92 Å². The van der Waals surface area contributed by atoms with Crippen molar-refractivity contribution in [2.75, 3.05) is 25.0 Å². The van der Waals surface area contributed by atoms with Gasteiger partial charge in [-0.25, -0.2) is 4.98 Å². The molecular weight excluding hydrogens is 327 g/mol. The fourth-order valence-electron chi connectivity index (χ4n) is 3.16. The maximum atomic E-state index is 13.2. The summed E-state index contributed by atoms with van der Waals surface area (Å²) < 4.78 is 39.5. The van der Waals surface area contributed by atoms with Gasteiger partial charge in [0.05, 0.1) is 5.52 Å². The van der Waals surface area contributed by atoms with Gasteiger partial charge in [-0.2, -0.15) is 13.2 Å². The molecule has 0 fully saturated rings. The maximum Gasteiger partial charge on any atom is 0.433 e. The number of rotatable bonds is 7. The highest BCUT2D eigenvalue weighted by atomic mass is 19.4. The minimum Gasteiger partial charge on any atom is -0.383 e. The first-order chi connectivity index (χ1) is 11.8. The van der Waals surface area contributed by atoms with Gasteiger partial charge in [-0.3, -0.25) is 4.90 Å². The van der Waals surface area contributed by atoms with Crippen LogP contribution in [0.3, 0.4) is 0 Å². The number of nitrogens with zero attached hydrogens (tertiary/aromatic N) is 2. The molecule has 0 radical (unpaired) electrons. The number of hydrogen-bond donors (Lipinski definition) is 1. The normalized spacial score (nSPS) is 13.6. The number of anilines is 1. The Morgan fingerprint density at radius 3 is 2.32 bits per heavy atom. The summed E-state index contributed by atoms with van der Waals surface area (Å²) in [7, 11) is 0. The molecule has 0 saturated heterocycles. The molecule has 0 aliphatic carbocycles. The van der Waals surface area contributed by atoms with Crippen molar-refractivity contribution in [2.24, 2.45) is 5.92 Å². The quantitative estimate of drug-likeness (QED) is 0.756. The van der Waals surface area contributed by atoms with E-state index >= 15 is 0 Å². The summed E-state index contributed by atoms with van der Waals surface area (Å²) in [5.74, 6) is 0.391. The fourth-order valence-corrected chi connectivity index (χ4v) is 3.16. The zero-order valence-corrected chi connectivity index (χ0v) is 15.2. The fraction of sp³-hybridized carbons (Fsp3) is 0.526. The smallest absolute Gasteiger partial charge is 0.383 e. The van der Waals surface area contributed by atoms with E-state index in [4.69, 9.17) is 0 Å². The maximum absolute atomic E-state index is 13.2. The van der Waals surface area contributed by atoms with Crippen LogP contribution in [-0.4, -0.2) is 35.6 Å². The summed E-state index contributed by atoms with van der Waals surface area (Å²) >= 11 is 0. The molecule has 0 amide bonds. The van der Waals surface area contributed by atoms with Crippen molar-refractivity contribution in [3.8, 4) is 0 Å². The zero-order chi connectivity index (χ0) is 18.6. The van der Waals surface area contributed by atoms with Crippen LogP contribution in [0.5, 0.6) is 0 Å². The zero-order valence-electron chi connectivity index (χ0n) is 15.2. The predicted molar refractivity (Wildman–Crippen MR) is 96.8 cm³/mol. The van der Waals surface area contributed by atoms with Crippen molar-refractivity contribution in [2.45, 2.75) is 39.9 Å². The number of hydrogen-bond acceptors (Lipinski definition) is 3. The van der Waals surface area contributed by atoms with E-state index in [1.807, 2.05) is 6.07 Å². The van der Waals surface area contributed by atoms with E-state index in [0.29, 0.717) is 29.1 Å². The Balaban J connectivity index is 2.36. The highest BCUT2D eigenvalue weighted by Gasteiger charge is 2.33. The van der Waals surface area contributed by atoms with E-state index < -0.39 is 11.9 Å². The molecule has 0 aliphatic heterocycles. The summed E-state index contributed by atoms with van der Waals surface area (Å²) in [6, 6.07) is 8.28. The van der Waals surface area contributed by atoms with E-state index in [1.54, 1.807) is 18.2 Å². The van der Waals surface area contributed by atoms with Crippen molar-refractivity contribution in [3.63, 3.8) is 0 Å². The van der Waals surface area contributed by atoms with Gasteiger partial charge < -0.3 is 5.32 Å². The van der Waals surface area contributed by atoms with Crippen molar-refractivity contribution in [3.05, 3.63) is 36.0 Å². The molecule has 0 saturated carbocycles. The van der Waals surface area contributed by atoms with Gasteiger partial charge in [0.1, 0.15) is 5.69 Å². The molecule has 6 heteroatoms. The second kappa shape index (κ2) is 8.04. The Morgan fingerprint density at radius 2 is 1.76 bits per heavy atom. The summed E-state index contributed by atoms with van der Waals surface area (Å²) in [5, 5.41) is 3.96. The van der Waals surface area contributed by atoms with Crippen molar-refractivity contribution in [1.82, 2.24) is 9.88 Å². The van der Waals surface area contributed by atoms with Crippen molar-refractivity contribution < 1.29 is 13.2 Å². The average Bonchev–Trinajstić information content (AvgIpc) is 2.57. The molecule has 1 aromatic carbocycles. The summed E-state index contributed by atoms with van der Waals surface area (Å²) in [5.41, 5.74) is -0.0304. The lowest BCUT2D eigenvalue weighted by atomic mass is 10.0. The third-order valence-electron chi connectivity index (χ3n) is 4.56. The van der Waals surface area contributed by atoms with Crippen LogP contribution >= 0.6 is 0 Å². The minimum atomic E-state index is -4.46. The molecule has 2 rings (SSSR count). The summed E-state index contributed by atoms with van der Waals surface area (Å²) in [6.45, 7) is 10.9. The number of halogens is 3. The number of benzene rings is 1. The predicted octanol–water partition coefficient (Wildman–Crippen LogP) is 5.03. The van der Waals surface area contributed by atoms with Gasteiger partial charge in [0.25, 0.3) is 0 Å². The number of fused-ring (bicyclic) bond motifs is 1. The van der Waals surface area contributed by atoms with Crippen LogP contribution < -0.4 is 5.32 Å². The Labute approximate surface area is 147 Å². The number of aromatic nitrogens is 1. The van der Waals surface area contributed by atoms with Gasteiger partial charge in [-0.05, 0) is 31.1 Å². The third-order valence-corrected chi connectivity index (χ3v) is 4.56. The van der Waals surface area contributed by atoms with Crippen LogP contribution in [0.1, 0.15) is 33.4 Å². The highest BCUT2D eigenvalue weighted by Crippen LogP contribution is 2.33. The molecular formula is C19H26F3N3. The number of pyridine rings is 1. The van der Waals surface area contributed by atoms with E-state index in [1.165, 1.54) is 0 Å². The Morgan fingerprint density at radius 1 is 1.12 bits per heavy atom. The molecule has 0 unspecified atom stereocenters.